The van der Waals surface area contributed by atoms with Crippen LogP contribution in [0.4, 0.5) is 0 Å². The molecule has 4 rings (SSSR count). The van der Waals surface area contributed by atoms with E-state index in [9.17, 15) is 0 Å². The summed E-state index contributed by atoms with van der Waals surface area (Å²) in [7, 11) is 0. The summed E-state index contributed by atoms with van der Waals surface area (Å²) in [4.78, 5) is 0. The first-order valence-electron chi connectivity index (χ1n) is 12.2. The van der Waals surface area contributed by atoms with E-state index in [1.54, 1.807) is 0 Å². The Morgan fingerprint density at radius 2 is 0.562 bits per heavy atom. The summed E-state index contributed by atoms with van der Waals surface area (Å²) in [5.41, 5.74) is 5.83. The second-order valence-corrected chi connectivity index (χ2v) is 10.2. The molecule has 0 aromatic heterocycles. The lowest BCUT2D eigenvalue weighted by Gasteiger charge is -2.15. The smallest absolute Gasteiger partial charge is 0.0146 e. The highest BCUT2D eigenvalue weighted by Gasteiger charge is 2.10. The first-order chi connectivity index (χ1) is 15.2. The Morgan fingerprint density at radius 1 is 0.312 bits per heavy atom. The molecule has 0 radical (unpaired) electrons. The fourth-order valence-electron chi connectivity index (χ4n) is 4.72. The predicted molar refractivity (Wildman–Crippen MR) is 144 cm³/mol. The summed E-state index contributed by atoms with van der Waals surface area (Å²) in [6.45, 7) is 18.1. The van der Waals surface area contributed by atoms with Gasteiger partial charge in [-0.3, -0.25) is 0 Å². The second-order valence-electron chi connectivity index (χ2n) is 10.2. The fraction of sp³-hybridized carbons (Fsp3) is 0.375. The van der Waals surface area contributed by atoms with E-state index in [0.717, 1.165) is 0 Å². The fourth-order valence-corrected chi connectivity index (χ4v) is 4.72. The zero-order valence-electron chi connectivity index (χ0n) is 21.2. The molecule has 0 heterocycles. The second kappa shape index (κ2) is 10.3. The van der Waals surface area contributed by atoms with E-state index < -0.39 is 0 Å². The third-order valence-corrected chi connectivity index (χ3v) is 6.47. The lowest BCUT2D eigenvalue weighted by molar-refractivity contribution is 0.859. The third-order valence-electron chi connectivity index (χ3n) is 6.47. The Kier molecular flexibility index (Phi) is 7.77. The van der Waals surface area contributed by atoms with Crippen molar-refractivity contribution in [2.75, 3.05) is 0 Å². The molecule has 0 aliphatic heterocycles. The molecule has 4 aromatic rings. The first-order valence-corrected chi connectivity index (χ1v) is 12.2. The number of fused-ring (bicyclic) bond motifs is 2. The molecule has 168 valence electrons. The van der Waals surface area contributed by atoms with Crippen LogP contribution in [0.2, 0.25) is 0 Å². The molecule has 0 saturated heterocycles. The maximum atomic E-state index is 2.29. The maximum absolute atomic E-state index is 2.29. The molecule has 0 fully saturated rings. The lowest BCUT2D eigenvalue weighted by atomic mass is 9.89. The molecule has 0 atom stereocenters. The van der Waals surface area contributed by atoms with E-state index >= 15 is 0 Å². The predicted octanol–water partition coefficient (Wildman–Crippen LogP) is 10.2. The van der Waals surface area contributed by atoms with Crippen LogP contribution in [0.5, 0.6) is 0 Å². The largest absolute Gasteiger partial charge is 0.0616 e. The minimum absolute atomic E-state index is 0.589. The quantitative estimate of drug-likeness (QED) is 0.305. The Hall–Kier alpha value is -2.60. The molecule has 0 N–H and O–H groups in total. The van der Waals surface area contributed by atoms with Gasteiger partial charge in [-0.05, 0) is 67.5 Å². The highest BCUT2D eigenvalue weighted by atomic mass is 14.1. The Labute approximate surface area is 195 Å². The van der Waals surface area contributed by atoms with Crippen LogP contribution in [-0.4, -0.2) is 0 Å². The van der Waals surface area contributed by atoms with Crippen molar-refractivity contribution < 1.29 is 0 Å². The molecular formula is C32H40. The molecule has 0 amide bonds. The van der Waals surface area contributed by atoms with Crippen molar-refractivity contribution in [1.29, 1.82) is 0 Å². The summed E-state index contributed by atoms with van der Waals surface area (Å²) in [6.07, 6.45) is 0. The van der Waals surface area contributed by atoms with Crippen molar-refractivity contribution in [3.05, 3.63) is 95.1 Å². The van der Waals surface area contributed by atoms with Gasteiger partial charge < -0.3 is 0 Å². The number of hydrogen-bond acceptors (Lipinski definition) is 0. The topological polar surface area (TPSA) is 0 Å². The van der Waals surface area contributed by atoms with Crippen LogP contribution in [-0.2, 0) is 0 Å². The molecule has 0 spiro atoms. The van der Waals surface area contributed by atoms with Crippen molar-refractivity contribution in [2.45, 2.75) is 79.1 Å². The summed E-state index contributed by atoms with van der Waals surface area (Å²) < 4.78 is 0. The van der Waals surface area contributed by atoms with Gasteiger partial charge in [-0.2, -0.15) is 0 Å². The molecule has 32 heavy (non-hydrogen) atoms. The van der Waals surface area contributed by atoms with E-state index in [1.807, 2.05) is 0 Å². The lowest BCUT2D eigenvalue weighted by Crippen LogP contribution is -1.95. The highest BCUT2D eigenvalue weighted by Crippen LogP contribution is 2.32. The van der Waals surface area contributed by atoms with Crippen LogP contribution in [0, 0.1) is 0 Å². The van der Waals surface area contributed by atoms with Gasteiger partial charge in [-0.15, -0.1) is 0 Å². The van der Waals surface area contributed by atoms with E-state index in [2.05, 4.69) is 128 Å². The van der Waals surface area contributed by atoms with Gasteiger partial charge in [0.25, 0.3) is 0 Å². The third kappa shape index (κ3) is 5.07. The van der Waals surface area contributed by atoms with E-state index in [0.29, 0.717) is 23.7 Å². The molecule has 0 heteroatoms. The van der Waals surface area contributed by atoms with Gasteiger partial charge in [-0.1, -0.05) is 128 Å². The average Bonchev–Trinajstić information content (AvgIpc) is 2.77. The number of benzene rings is 4. The maximum Gasteiger partial charge on any atom is -0.0146 e. The Morgan fingerprint density at radius 3 is 0.844 bits per heavy atom. The highest BCUT2D eigenvalue weighted by molar-refractivity contribution is 5.90. The summed E-state index contributed by atoms with van der Waals surface area (Å²) in [5.74, 6) is 2.36. The number of rotatable bonds is 4. The van der Waals surface area contributed by atoms with Crippen molar-refractivity contribution in [2.24, 2.45) is 0 Å². The van der Waals surface area contributed by atoms with E-state index in [4.69, 9.17) is 0 Å². The molecule has 0 aliphatic rings. The van der Waals surface area contributed by atoms with Gasteiger partial charge in [-0.25, -0.2) is 0 Å². The summed E-state index contributed by atoms with van der Waals surface area (Å²) in [5, 5.41) is 5.68. The van der Waals surface area contributed by atoms with Crippen LogP contribution in [0.15, 0.2) is 72.8 Å². The van der Waals surface area contributed by atoms with Crippen LogP contribution in [0.1, 0.15) is 101 Å². The minimum atomic E-state index is 0.589. The SMILES string of the molecule is CC(C)c1ccc(C(C)C)c2ccccc12.CC(C)c1cccc2c(C(C)C)cccc12. The van der Waals surface area contributed by atoms with Crippen LogP contribution in [0.3, 0.4) is 0 Å². The van der Waals surface area contributed by atoms with Crippen molar-refractivity contribution in [3.8, 4) is 0 Å². The van der Waals surface area contributed by atoms with Crippen molar-refractivity contribution in [1.82, 2.24) is 0 Å². The summed E-state index contributed by atoms with van der Waals surface area (Å²) >= 11 is 0. The molecule has 0 nitrogen and oxygen atoms in total. The van der Waals surface area contributed by atoms with Crippen LogP contribution in [0.25, 0.3) is 21.5 Å². The molecule has 0 bridgehead atoms. The standard InChI is InChI=1S/2C16H20/c1-11(2)13-7-5-10-16-14(12(3)4)8-6-9-15(13)16;1-11(2)13-9-10-14(12(3)4)16-8-6-5-7-15(13)16/h2*5-12H,1-4H3. The van der Waals surface area contributed by atoms with Crippen molar-refractivity contribution >= 4 is 21.5 Å². The molecule has 0 saturated carbocycles. The zero-order chi connectivity index (χ0) is 23.4. The number of hydrogen-bond donors (Lipinski definition) is 0. The molecular weight excluding hydrogens is 384 g/mol. The van der Waals surface area contributed by atoms with E-state index in [-0.39, 0.29) is 0 Å². The minimum Gasteiger partial charge on any atom is -0.0616 e. The van der Waals surface area contributed by atoms with Gasteiger partial charge in [0.15, 0.2) is 0 Å². The average molecular weight is 425 g/mol. The Bertz CT molecular complexity index is 1030. The van der Waals surface area contributed by atoms with Crippen LogP contribution >= 0.6 is 0 Å². The zero-order valence-corrected chi connectivity index (χ0v) is 21.2. The van der Waals surface area contributed by atoms with Gasteiger partial charge in [0.05, 0.1) is 0 Å². The van der Waals surface area contributed by atoms with Gasteiger partial charge >= 0.3 is 0 Å². The monoisotopic (exact) mass is 424 g/mol. The first kappa shape index (κ1) is 24.1. The van der Waals surface area contributed by atoms with Crippen LogP contribution < -0.4 is 0 Å². The van der Waals surface area contributed by atoms with E-state index in [1.165, 1.54) is 43.8 Å². The Balaban J connectivity index is 0.000000181. The normalized spacial score (nSPS) is 11.6. The summed E-state index contributed by atoms with van der Waals surface area (Å²) in [6, 6.07) is 26.7. The molecule has 0 aliphatic carbocycles. The van der Waals surface area contributed by atoms with Gasteiger partial charge in [0.2, 0.25) is 0 Å². The molecule has 4 aromatic carbocycles. The van der Waals surface area contributed by atoms with Gasteiger partial charge in [0, 0.05) is 0 Å². The van der Waals surface area contributed by atoms with Crippen molar-refractivity contribution in [3.63, 3.8) is 0 Å². The molecule has 0 unspecified atom stereocenters. The van der Waals surface area contributed by atoms with Gasteiger partial charge in [0.1, 0.15) is 0 Å².